The van der Waals surface area contributed by atoms with Gasteiger partial charge in [0.2, 0.25) is 0 Å². The second-order valence-corrected chi connectivity index (χ2v) is 5.35. The van der Waals surface area contributed by atoms with E-state index in [1.807, 2.05) is 6.07 Å². The highest BCUT2D eigenvalue weighted by Crippen LogP contribution is 2.21. The molecular weight excluding hydrogens is 280 g/mol. The van der Waals surface area contributed by atoms with Crippen molar-refractivity contribution in [1.82, 2.24) is 0 Å². The van der Waals surface area contributed by atoms with Crippen molar-refractivity contribution in [2.45, 2.75) is 13.0 Å². The van der Waals surface area contributed by atoms with E-state index >= 15 is 0 Å². The Morgan fingerprint density at radius 2 is 2.05 bits per heavy atom. The topological polar surface area (TPSA) is 92.5 Å². The highest BCUT2D eigenvalue weighted by atomic mass is 32.1. The number of nitrogens with one attached hydrogen (secondary N) is 1. The van der Waals surface area contributed by atoms with Crippen LogP contribution < -0.4 is 5.32 Å². The van der Waals surface area contributed by atoms with Crippen LogP contribution in [0.25, 0.3) is 0 Å². The van der Waals surface area contributed by atoms with Crippen molar-refractivity contribution >= 4 is 28.7 Å². The number of carboxylic acids is 1. The SMILES string of the molecule is O=C(O)Cc1ccc(CNc2cccc([N+](=O)[O-])c2)s1. The van der Waals surface area contributed by atoms with E-state index in [1.165, 1.54) is 23.5 Å². The molecule has 1 aromatic carbocycles. The van der Waals surface area contributed by atoms with Gasteiger partial charge in [-0.05, 0) is 18.2 Å². The molecule has 0 saturated heterocycles. The van der Waals surface area contributed by atoms with Crippen LogP contribution in [0.2, 0.25) is 0 Å². The minimum atomic E-state index is -0.856. The zero-order valence-electron chi connectivity index (χ0n) is 10.4. The normalized spacial score (nSPS) is 10.2. The van der Waals surface area contributed by atoms with Gasteiger partial charge in [0.1, 0.15) is 0 Å². The van der Waals surface area contributed by atoms with Gasteiger partial charge in [0.25, 0.3) is 5.69 Å². The van der Waals surface area contributed by atoms with E-state index < -0.39 is 10.9 Å². The summed E-state index contributed by atoms with van der Waals surface area (Å²) in [7, 11) is 0. The van der Waals surface area contributed by atoms with E-state index in [-0.39, 0.29) is 12.1 Å². The third-order valence-corrected chi connectivity index (χ3v) is 3.65. The second-order valence-electron chi connectivity index (χ2n) is 4.10. The highest BCUT2D eigenvalue weighted by molar-refractivity contribution is 7.12. The lowest BCUT2D eigenvalue weighted by molar-refractivity contribution is -0.384. The van der Waals surface area contributed by atoms with E-state index in [4.69, 9.17) is 5.11 Å². The molecule has 0 saturated carbocycles. The van der Waals surface area contributed by atoms with Crippen LogP contribution in [0, 0.1) is 10.1 Å². The number of anilines is 1. The van der Waals surface area contributed by atoms with Crippen LogP contribution in [0.3, 0.4) is 0 Å². The van der Waals surface area contributed by atoms with E-state index in [9.17, 15) is 14.9 Å². The first-order chi connectivity index (χ1) is 9.54. The molecule has 0 fully saturated rings. The molecule has 0 bridgehead atoms. The molecule has 20 heavy (non-hydrogen) atoms. The quantitative estimate of drug-likeness (QED) is 0.631. The molecule has 0 atom stereocenters. The van der Waals surface area contributed by atoms with E-state index in [0.717, 1.165) is 9.75 Å². The fourth-order valence-corrected chi connectivity index (χ4v) is 2.63. The number of nitro groups is 1. The fourth-order valence-electron chi connectivity index (χ4n) is 1.68. The van der Waals surface area contributed by atoms with Crippen molar-refractivity contribution in [3.63, 3.8) is 0 Å². The van der Waals surface area contributed by atoms with Gasteiger partial charge in [-0.15, -0.1) is 11.3 Å². The Kier molecular flexibility index (Phi) is 4.31. The Labute approximate surface area is 118 Å². The number of carboxylic acid groups (broad SMARTS) is 1. The summed E-state index contributed by atoms with van der Waals surface area (Å²) in [6, 6.07) is 9.90. The van der Waals surface area contributed by atoms with Gasteiger partial charge in [-0.2, -0.15) is 0 Å². The van der Waals surface area contributed by atoms with Crippen molar-refractivity contribution in [3.8, 4) is 0 Å². The van der Waals surface area contributed by atoms with Crippen molar-refractivity contribution in [2.24, 2.45) is 0 Å². The van der Waals surface area contributed by atoms with Gasteiger partial charge in [-0.25, -0.2) is 0 Å². The minimum absolute atomic E-state index is 0.0154. The average molecular weight is 292 g/mol. The number of non-ortho nitro benzene ring substituents is 1. The Bertz CT molecular complexity index is 639. The number of rotatable bonds is 6. The number of aliphatic carboxylic acids is 1. The number of hydrogen-bond acceptors (Lipinski definition) is 5. The summed E-state index contributed by atoms with van der Waals surface area (Å²) in [6.07, 6.45) is 0.0154. The first kappa shape index (κ1) is 14.0. The number of thiophene rings is 1. The van der Waals surface area contributed by atoms with Crippen molar-refractivity contribution in [1.29, 1.82) is 0 Å². The first-order valence-corrected chi connectivity index (χ1v) is 6.64. The molecule has 0 spiro atoms. The second kappa shape index (κ2) is 6.16. The molecule has 0 aliphatic heterocycles. The van der Waals surface area contributed by atoms with Crippen molar-refractivity contribution in [3.05, 3.63) is 56.3 Å². The summed E-state index contributed by atoms with van der Waals surface area (Å²) in [5.41, 5.74) is 0.695. The number of nitro benzene ring substituents is 1. The van der Waals surface area contributed by atoms with Gasteiger partial charge in [0.15, 0.2) is 0 Å². The lowest BCUT2D eigenvalue weighted by Gasteiger charge is -2.04. The molecular formula is C13H12N2O4S. The average Bonchev–Trinajstić information content (AvgIpc) is 2.83. The molecule has 1 heterocycles. The predicted molar refractivity (Wildman–Crippen MR) is 76.1 cm³/mol. The molecule has 104 valence electrons. The summed E-state index contributed by atoms with van der Waals surface area (Å²) in [5.74, 6) is -0.856. The zero-order valence-corrected chi connectivity index (χ0v) is 11.2. The molecule has 1 aromatic heterocycles. The van der Waals surface area contributed by atoms with Gasteiger partial charge in [0.05, 0.1) is 11.3 Å². The summed E-state index contributed by atoms with van der Waals surface area (Å²) in [6.45, 7) is 0.505. The van der Waals surface area contributed by atoms with Gasteiger partial charge >= 0.3 is 5.97 Å². The maximum absolute atomic E-state index is 10.7. The van der Waals surface area contributed by atoms with Crippen LogP contribution in [0.1, 0.15) is 9.75 Å². The lowest BCUT2D eigenvalue weighted by atomic mass is 10.3. The van der Waals surface area contributed by atoms with E-state index in [2.05, 4.69) is 5.32 Å². The minimum Gasteiger partial charge on any atom is -0.481 e. The lowest BCUT2D eigenvalue weighted by Crippen LogP contribution is -1.98. The Balaban J connectivity index is 1.98. The van der Waals surface area contributed by atoms with Crippen LogP contribution in [-0.4, -0.2) is 16.0 Å². The summed E-state index contributed by atoms with van der Waals surface area (Å²) < 4.78 is 0. The van der Waals surface area contributed by atoms with Gasteiger partial charge in [-0.3, -0.25) is 14.9 Å². The fraction of sp³-hybridized carbons (Fsp3) is 0.154. The Morgan fingerprint density at radius 1 is 1.30 bits per heavy atom. The molecule has 2 rings (SSSR count). The molecule has 0 aliphatic carbocycles. The standard InChI is InChI=1S/C13H12N2O4S/c16-13(17)7-11-4-5-12(20-11)8-14-9-2-1-3-10(6-9)15(18)19/h1-6,14H,7-8H2,(H,16,17). The predicted octanol–water partition coefficient (Wildman–Crippen LogP) is 2.90. The number of carbonyl (C=O) groups is 1. The molecule has 7 heteroatoms. The van der Waals surface area contributed by atoms with Crippen LogP contribution in [-0.2, 0) is 17.8 Å². The van der Waals surface area contributed by atoms with Crippen molar-refractivity contribution < 1.29 is 14.8 Å². The van der Waals surface area contributed by atoms with Gasteiger partial charge in [0, 0.05) is 34.1 Å². The number of hydrogen-bond donors (Lipinski definition) is 2. The van der Waals surface area contributed by atoms with Crippen LogP contribution in [0.5, 0.6) is 0 Å². The molecule has 2 aromatic rings. The van der Waals surface area contributed by atoms with E-state index in [1.54, 1.807) is 18.2 Å². The summed E-state index contributed by atoms with van der Waals surface area (Å²) >= 11 is 1.41. The van der Waals surface area contributed by atoms with Crippen molar-refractivity contribution in [2.75, 3.05) is 5.32 Å². The third-order valence-electron chi connectivity index (χ3n) is 2.57. The summed E-state index contributed by atoms with van der Waals surface area (Å²) in [5, 5.41) is 22.4. The van der Waals surface area contributed by atoms with Gasteiger partial charge in [-0.1, -0.05) is 6.07 Å². The molecule has 6 nitrogen and oxygen atoms in total. The largest absolute Gasteiger partial charge is 0.481 e. The van der Waals surface area contributed by atoms with Crippen LogP contribution >= 0.6 is 11.3 Å². The maximum atomic E-state index is 10.7. The molecule has 2 N–H and O–H groups in total. The summed E-state index contributed by atoms with van der Waals surface area (Å²) in [4.78, 5) is 22.6. The third kappa shape index (κ3) is 3.79. The van der Waals surface area contributed by atoms with E-state index in [0.29, 0.717) is 12.2 Å². The maximum Gasteiger partial charge on any atom is 0.308 e. The van der Waals surface area contributed by atoms with Crippen LogP contribution in [0.4, 0.5) is 11.4 Å². The highest BCUT2D eigenvalue weighted by Gasteiger charge is 2.07. The number of benzene rings is 1. The smallest absolute Gasteiger partial charge is 0.308 e. The van der Waals surface area contributed by atoms with Gasteiger partial charge < -0.3 is 10.4 Å². The monoisotopic (exact) mass is 292 g/mol. The van der Waals surface area contributed by atoms with Crippen LogP contribution in [0.15, 0.2) is 36.4 Å². The first-order valence-electron chi connectivity index (χ1n) is 5.82. The Hall–Kier alpha value is -2.41. The Morgan fingerprint density at radius 3 is 2.75 bits per heavy atom. The molecule has 0 unspecified atom stereocenters. The molecule has 0 amide bonds. The zero-order chi connectivity index (χ0) is 14.5. The number of nitrogens with zero attached hydrogens (tertiary/aromatic N) is 1. The molecule has 0 radical (unpaired) electrons. The molecule has 0 aliphatic rings.